The van der Waals surface area contributed by atoms with E-state index in [1.54, 1.807) is 0 Å². The van der Waals surface area contributed by atoms with Crippen LogP contribution in [0.4, 0.5) is 8.78 Å². The summed E-state index contributed by atoms with van der Waals surface area (Å²) in [6, 6.07) is 1.11. The highest BCUT2D eigenvalue weighted by molar-refractivity contribution is 9.10. The van der Waals surface area contributed by atoms with Gasteiger partial charge in [-0.25, -0.2) is 8.78 Å². The lowest BCUT2D eigenvalue weighted by Gasteiger charge is -2.01. The van der Waals surface area contributed by atoms with Crippen LogP contribution in [0.25, 0.3) is 0 Å². The van der Waals surface area contributed by atoms with E-state index in [1.807, 2.05) is 0 Å². The van der Waals surface area contributed by atoms with Crippen LogP contribution in [-0.4, -0.2) is 13.0 Å². The summed E-state index contributed by atoms with van der Waals surface area (Å²) < 4.78 is 54.5. The van der Waals surface area contributed by atoms with Gasteiger partial charge in [-0.15, -0.1) is 0 Å². The van der Waals surface area contributed by atoms with Crippen molar-refractivity contribution in [3.05, 3.63) is 28.2 Å². The minimum absolute atomic E-state index is 0.354. The fourth-order valence-corrected chi connectivity index (χ4v) is 2.41. The van der Waals surface area contributed by atoms with Gasteiger partial charge in [0.2, 0.25) is 0 Å². The molecular formula is C6H3BrF2O3S. The van der Waals surface area contributed by atoms with E-state index in [0.29, 0.717) is 6.07 Å². The molecule has 0 radical (unpaired) electrons. The third-order valence-corrected chi connectivity index (χ3v) is 3.04. The monoisotopic (exact) mass is 272 g/mol. The van der Waals surface area contributed by atoms with Crippen LogP contribution in [0.5, 0.6) is 0 Å². The van der Waals surface area contributed by atoms with Crippen LogP contribution in [-0.2, 0) is 10.1 Å². The fourth-order valence-electron chi connectivity index (χ4n) is 0.775. The third-order valence-electron chi connectivity index (χ3n) is 1.22. The highest BCUT2D eigenvalue weighted by atomic mass is 79.9. The maximum absolute atomic E-state index is 12.8. The second-order valence-corrected chi connectivity index (χ2v) is 4.39. The van der Waals surface area contributed by atoms with Crippen LogP contribution < -0.4 is 0 Å². The fraction of sp³-hybridized carbons (Fsp3) is 0. The summed E-state index contributed by atoms with van der Waals surface area (Å²) in [5.74, 6) is -2.27. The van der Waals surface area contributed by atoms with Crippen LogP contribution in [0.3, 0.4) is 0 Å². The molecule has 0 aromatic heterocycles. The van der Waals surface area contributed by atoms with E-state index >= 15 is 0 Å². The predicted molar refractivity (Wildman–Crippen MR) is 43.9 cm³/mol. The highest BCUT2D eigenvalue weighted by Crippen LogP contribution is 2.25. The van der Waals surface area contributed by atoms with Gasteiger partial charge < -0.3 is 0 Å². The lowest BCUT2D eigenvalue weighted by molar-refractivity contribution is 0.470. The van der Waals surface area contributed by atoms with E-state index in [9.17, 15) is 17.2 Å². The van der Waals surface area contributed by atoms with Crippen molar-refractivity contribution in [1.29, 1.82) is 0 Å². The molecule has 1 aromatic rings. The molecule has 0 fully saturated rings. The minimum atomic E-state index is -4.67. The van der Waals surface area contributed by atoms with E-state index in [0.717, 1.165) is 6.07 Å². The molecule has 1 aromatic carbocycles. The number of rotatable bonds is 1. The van der Waals surface area contributed by atoms with E-state index in [-0.39, 0.29) is 4.47 Å². The number of hydrogen-bond acceptors (Lipinski definition) is 2. The Bertz CT molecular complexity index is 420. The molecule has 0 atom stereocenters. The van der Waals surface area contributed by atoms with Crippen LogP contribution in [0.15, 0.2) is 21.5 Å². The van der Waals surface area contributed by atoms with Crippen molar-refractivity contribution in [3.8, 4) is 0 Å². The predicted octanol–water partition coefficient (Wildman–Crippen LogP) is 1.97. The van der Waals surface area contributed by atoms with E-state index in [2.05, 4.69) is 15.9 Å². The average molecular weight is 273 g/mol. The number of benzene rings is 1. The summed E-state index contributed by atoms with van der Waals surface area (Å²) in [5.41, 5.74) is 0. The lowest BCUT2D eigenvalue weighted by atomic mass is 10.3. The molecule has 1 N–H and O–H groups in total. The highest BCUT2D eigenvalue weighted by Gasteiger charge is 2.20. The number of halogens is 3. The average Bonchev–Trinajstić information content (AvgIpc) is 1.78. The van der Waals surface area contributed by atoms with Gasteiger partial charge in [0.15, 0.2) is 0 Å². The molecule has 0 saturated heterocycles. The molecule has 7 heteroatoms. The van der Waals surface area contributed by atoms with Crippen molar-refractivity contribution in [2.75, 3.05) is 0 Å². The maximum Gasteiger partial charge on any atom is 0.298 e. The molecule has 3 nitrogen and oxygen atoms in total. The van der Waals surface area contributed by atoms with E-state index < -0.39 is 26.6 Å². The van der Waals surface area contributed by atoms with Gasteiger partial charge in [-0.2, -0.15) is 8.42 Å². The van der Waals surface area contributed by atoms with Gasteiger partial charge in [-0.05, 0) is 22.0 Å². The Kier molecular flexibility index (Phi) is 2.69. The molecule has 0 saturated carbocycles. The normalized spacial score (nSPS) is 11.7. The van der Waals surface area contributed by atoms with Crippen LogP contribution in [0, 0.1) is 11.6 Å². The van der Waals surface area contributed by atoms with Gasteiger partial charge in [0, 0.05) is 10.5 Å². The van der Waals surface area contributed by atoms with Gasteiger partial charge >= 0.3 is 0 Å². The first-order valence-electron chi connectivity index (χ1n) is 2.94. The Labute approximate surface area is 81.3 Å². The number of hydrogen-bond donors (Lipinski definition) is 1. The molecule has 0 aliphatic carbocycles. The summed E-state index contributed by atoms with van der Waals surface area (Å²) in [6.45, 7) is 0. The van der Waals surface area contributed by atoms with Crippen molar-refractivity contribution in [2.24, 2.45) is 0 Å². The molecule has 0 aliphatic rings. The molecule has 0 heterocycles. The molecule has 0 aliphatic heterocycles. The van der Waals surface area contributed by atoms with E-state index in [4.69, 9.17) is 4.55 Å². The van der Waals surface area contributed by atoms with Crippen molar-refractivity contribution < 1.29 is 21.8 Å². The van der Waals surface area contributed by atoms with Crippen LogP contribution >= 0.6 is 15.9 Å². The molecule has 1 rings (SSSR count). The zero-order valence-corrected chi connectivity index (χ0v) is 8.36. The minimum Gasteiger partial charge on any atom is -0.282 e. The topological polar surface area (TPSA) is 54.4 Å². The first-order valence-corrected chi connectivity index (χ1v) is 5.17. The van der Waals surface area contributed by atoms with Crippen LogP contribution in [0.1, 0.15) is 0 Å². The quantitative estimate of drug-likeness (QED) is 0.796. The SMILES string of the molecule is O=S(=O)(O)c1c(F)cc(F)cc1Br. The van der Waals surface area contributed by atoms with Gasteiger partial charge in [0.25, 0.3) is 10.1 Å². The molecule has 72 valence electrons. The molecule has 0 unspecified atom stereocenters. The zero-order chi connectivity index (χ0) is 10.2. The van der Waals surface area contributed by atoms with Gasteiger partial charge in [-0.3, -0.25) is 4.55 Å². The Balaban J connectivity index is 3.57. The molecule has 0 spiro atoms. The Morgan fingerprint density at radius 3 is 2.23 bits per heavy atom. The van der Waals surface area contributed by atoms with Crippen LogP contribution in [0.2, 0.25) is 0 Å². The Morgan fingerprint density at radius 1 is 1.31 bits per heavy atom. The first-order chi connectivity index (χ1) is 5.82. The van der Waals surface area contributed by atoms with Crippen molar-refractivity contribution in [3.63, 3.8) is 0 Å². The molecule has 0 amide bonds. The zero-order valence-electron chi connectivity index (χ0n) is 5.96. The Morgan fingerprint density at radius 2 is 1.85 bits per heavy atom. The summed E-state index contributed by atoms with van der Waals surface area (Å²) in [6.07, 6.45) is 0. The molecule has 0 bridgehead atoms. The summed E-state index contributed by atoms with van der Waals surface area (Å²) in [7, 11) is -4.67. The summed E-state index contributed by atoms with van der Waals surface area (Å²) in [5, 5.41) is 0. The van der Waals surface area contributed by atoms with Gasteiger partial charge in [0.1, 0.15) is 16.5 Å². The largest absolute Gasteiger partial charge is 0.298 e. The van der Waals surface area contributed by atoms with Crippen molar-refractivity contribution in [1.82, 2.24) is 0 Å². The second-order valence-electron chi connectivity index (χ2n) is 2.17. The van der Waals surface area contributed by atoms with Crippen molar-refractivity contribution >= 4 is 26.0 Å². The maximum atomic E-state index is 12.8. The van der Waals surface area contributed by atoms with Crippen molar-refractivity contribution in [2.45, 2.75) is 4.90 Å². The molecule has 13 heavy (non-hydrogen) atoms. The van der Waals surface area contributed by atoms with Gasteiger partial charge in [0.05, 0.1) is 0 Å². The smallest absolute Gasteiger partial charge is 0.282 e. The van der Waals surface area contributed by atoms with E-state index in [1.165, 1.54) is 0 Å². The third kappa shape index (κ3) is 2.23. The molecular weight excluding hydrogens is 270 g/mol. The summed E-state index contributed by atoms with van der Waals surface area (Å²) in [4.78, 5) is -0.964. The standard InChI is InChI=1S/C6H3BrF2O3S/c7-4-1-3(8)2-5(9)6(4)13(10,11)12/h1-2H,(H,10,11,12). The first kappa shape index (κ1) is 10.6. The second kappa shape index (κ2) is 3.32. The lowest BCUT2D eigenvalue weighted by Crippen LogP contribution is -2.03. The Hall–Kier alpha value is -0.530. The van der Waals surface area contributed by atoms with Gasteiger partial charge in [-0.1, -0.05) is 0 Å². The summed E-state index contributed by atoms with van der Waals surface area (Å²) >= 11 is 2.61.